The van der Waals surface area contributed by atoms with Crippen LogP contribution in [0.15, 0.2) is 36.5 Å². The van der Waals surface area contributed by atoms with Gasteiger partial charge in [-0.2, -0.15) is 0 Å². The zero-order chi connectivity index (χ0) is 21.7. The number of nitrogens with one attached hydrogen (secondary N) is 2. The number of carbonyl (C=O) groups is 1. The molecule has 0 saturated carbocycles. The molecule has 1 aromatic carbocycles. The number of pyridine rings is 2. The second-order valence-electron chi connectivity index (χ2n) is 8.23. The Hall–Kier alpha value is -3.19. The number of anilines is 1. The Labute approximate surface area is 184 Å². The van der Waals surface area contributed by atoms with E-state index in [0.29, 0.717) is 6.54 Å². The molecule has 0 radical (unpaired) electrons. The zero-order valence-corrected chi connectivity index (χ0v) is 18.8. The minimum Gasteiger partial charge on any atom is -0.495 e. The highest BCUT2D eigenvalue weighted by Crippen LogP contribution is 2.41. The average molecular weight is 433 g/mol. The second-order valence-corrected chi connectivity index (χ2v) is 9.28. The van der Waals surface area contributed by atoms with Crippen LogP contribution < -0.4 is 15.4 Å². The van der Waals surface area contributed by atoms with E-state index in [1.54, 1.807) is 7.11 Å². The van der Waals surface area contributed by atoms with Gasteiger partial charge in [0.05, 0.1) is 29.7 Å². The molecule has 6 nitrogen and oxygen atoms in total. The van der Waals surface area contributed by atoms with Crippen molar-refractivity contribution in [3.63, 3.8) is 0 Å². The van der Waals surface area contributed by atoms with Crippen molar-refractivity contribution in [3.8, 4) is 17.0 Å². The largest absolute Gasteiger partial charge is 0.495 e. The van der Waals surface area contributed by atoms with Crippen LogP contribution in [0.25, 0.3) is 32.2 Å². The van der Waals surface area contributed by atoms with Crippen molar-refractivity contribution < 1.29 is 9.53 Å². The predicted molar refractivity (Wildman–Crippen MR) is 126 cm³/mol. The van der Waals surface area contributed by atoms with E-state index >= 15 is 0 Å². The minimum absolute atomic E-state index is 0.0187. The van der Waals surface area contributed by atoms with E-state index in [1.165, 1.54) is 11.3 Å². The highest BCUT2D eigenvalue weighted by atomic mass is 32.1. The number of rotatable bonds is 3. The summed E-state index contributed by atoms with van der Waals surface area (Å²) in [5.74, 6) is 1.04. The maximum atomic E-state index is 12.6. The molecule has 4 heterocycles. The van der Waals surface area contributed by atoms with Crippen molar-refractivity contribution in [2.75, 3.05) is 19.0 Å². The summed E-state index contributed by atoms with van der Waals surface area (Å²) >= 11 is 1.52. The van der Waals surface area contributed by atoms with Crippen LogP contribution in [0.2, 0.25) is 0 Å². The molecule has 1 aliphatic rings. The van der Waals surface area contributed by atoms with Gasteiger partial charge in [-0.25, -0.2) is 4.98 Å². The minimum atomic E-state index is -0.0187. The van der Waals surface area contributed by atoms with Crippen molar-refractivity contribution in [1.29, 1.82) is 0 Å². The fourth-order valence-corrected chi connectivity index (χ4v) is 5.18. The van der Waals surface area contributed by atoms with Crippen LogP contribution in [0, 0.1) is 0 Å². The van der Waals surface area contributed by atoms with Gasteiger partial charge in [0.15, 0.2) is 0 Å². The smallest absolute Gasteiger partial charge is 0.263 e. The normalized spacial score (nSPS) is 16.2. The summed E-state index contributed by atoms with van der Waals surface area (Å²) in [6, 6.07) is 10.2. The van der Waals surface area contributed by atoms with Crippen molar-refractivity contribution in [1.82, 2.24) is 15.3 Å². The molecule has 1 atom stereocenters. The highest BCUT2D eigenvalue weighted by Gasteiger charge is 2.24. The Bertz CT molecular complexity index is 1330. The van der Waals surface area contributed by atoms with Crippen LogP contribution in [0.3, 0.4) is 0 Å². The fourth-order valence-electron chi connectivity index (χ4n) is 4.08. The molecule has 0 fully saturated rings. The summed E-state index contributed by atoms with van der Waals surface area (Å²) in [6.07, 6.45) is 1.86. The van der Waals surface area contributed by atoms with Crippen LogP contribution in [0.4, 0.5) is 5.69 Å². The molecular weight excluding hydrogens is 408 g/mol. The first-order chi connectivity index (χ1) is 15.0. The number of ether oxygens (including phenoxy) is 1. The van der Waals surface area contributed by atoms with Gasteiger partial charge in [0.1, 0.15) is 10.6 Å². The molecule has 7 heteroatoms. The van der Waals surface area contributed by atoms with Crippen molar-refractivity contribution >= 4 is 43.9 Å². The Morgan fingerprint density at radius 3 is 2.84 bits per heavy atom. The third kappa shape index (κ3) is 3.29. The number of methoxy groups -OCH3 is 1. The van der Waals surface area contributed by atoms with Gasteiger partial charge >= 0.3 is 0 Å². The van der Waals surface area contributed by atoms with Crippen LogP contribution >= 0.6 is 11.3 Å². The summed E-state index contributed by atoms with van der Waals surface area (Å²) in [4.78, 5) is 22.9. The monoisotopic (exact) mass is 432 g/mol. The first-order valence-corrected chi connectivity index (χ1v) is 11.2. The van der Waals surface area contributed by atoms with Gasteiger partial charge in [-0.05, 0) is 43.2 Å². The summed E-state index contributed by atoms with van der Waals surface area (Å²) < 4.78 is 6.64. The van der Waals surface area contributed by atoms with E-state index in [0.717, 1.165) is 54.3 Å². The van der Waals surface area contributed by atoms with Gasteiger partial charge in [0, 0.05) is 39.8 Å². The van der Waals surface area contributed by atoms with Gasteiger partial charge in [0.2, 0.25) is 0 Å². The summed E-state index contributed by atoms with van der Waals surface area (Å²) in [6.45, 7) is 6.90. The molecule has 0 aliphatic carbocycles. The van der Waals surface area contributed by atoms with Crippen molar-refractivity contribution in [3.05, 3.63) is 47.1 Å². The van der Waals surface area contributed by atoms with Gasteiger partial charge in [-0.1, -0.05) is 13.8 Å². The van der Waals surface area contributed by atoms with Crippen molar-refractivity contribution in [2.24, 2.45) is 0 Å². The molecule has 3 aromatic heterocycles. The third-order valence-corrected chi connectivity index (χ3v) is 6.79. The Kier molecular flexibility index (Phi) is 4.78. The van der Waals surface area contributed by atoms with E-state index in [4.69, 9.17) is 9.72 Å². The van der Waals surface area contributed by atoms with Crippen molar-refractivity contribution in [2.45, 2.75) is 32.7 Å². The van der Waals surface area contributed by atoms with E-state index in [9.17, 15) is 4.79 Å². The number of hydrogen-bond donors (Lipinski definition) is 2. The maximum Gasteiger partial charge on any atom is 0.263 e. The van der Waals surface area contributed by atoms with E-state index < -0.39 is 0 Å². The maximum absolute atomic E-state index is 12.6. The number of fused-ring (bicyclic) bond motifs is 5. The molecule has 5 rings (SSSR count). The number of amides is 1. The van der Waals surface area contributed by atoms with Gasteiger partial charge < -0.3 is 15.4 Å². The first-order valence-electron chi connectivity index (χ1n) is 10.4. The van der Waals surface area contributed by atoms with E-state index in [1.807, 2.05) is 37.4 Å². The van der Waals surface area contributed by atoms with Crippen LogP contribution in [0.1, 0.15) is 42.1 Å². The standard InChI is InChI=1S/C24H24N4O2S/c1-12(2)21-18(30-4)9-14(11-26-21)16-6-5-15-17(28-16)7-8-19-20(15)22-23(31-19)24(29)27-13(3)10-25-22/h5-9,11-13,25H,10H2,1-4H3,(H,27,29)/t13-/m1/s1. The molecule has 1 amide bonds. The fraction of sp³-hybridized carbons (Fsp3) is 0.292. The quantitative estimate of drug-likeness (QED) is 0.466. The predicted octanol–water partition coefficient (Wildman–Crippen LogP) is 5.19. The topological polar surface area (TPSA) is 76.1 Å². The van der Waals surface area contributed by atoms with Gasteiger partial charge in [-0.3, -0.25) is 9.78 Å². The zero-order valence-electron chi connectivity index (χ0n) is 17.9. The molecule has 0 unspecified atom stereocenters. The van der Waals surface area contributed by atoms with Crippen LogP contribution in [0.5, 0.6) is 5.75 Å². The molecule has 2 N–H and O–H groups in total. The lowest BCUT2D eigenvalue weighted by Crippen LogP contribution is -2.34. The Morgan fingerprint density at radius 2 is 2.06 bits per heavy atom. The van der Waals surface area contributed by atoms with E-state index in [-0.39, 0.29) is 17.9 Å². The molecular formula is C24H24N4O2S. The molecule has 31 heavy (non-hydrogen) atoms. The molecule has 0 spiro atoms. The molecule has 0 bridgehead atoms. The number of nitrogens with zero attached hydrogens (tertiary/aromatic N) is 2. The Balaban J connectivity index is 1.65. The van der Waals surface area contributed by atoms with E-state index in [2.05, 4.69) is 35.5 Å². The highest BCUT2D eigenvalue weighted by molar-refractivity contribution is 7.21. The molecule has 4 aromatic rings. The molecule has 158 valence electrons. The van der Waals surface area contributed by atoms with Crippen LogP contribution in [-0.2, 0) is 0 Å². The van der Waals surface area contributed by atoms with Gasteiger partial charge in [-0.15, -0.1) is 11.3 Å². The lowest BCUT2D eigenvalue weighted by molar-refractivity contribution is 0.0949. The molecule has 1 aliphatic heterocycles. The number of hydrogen-bond acceptors (Lipinski definition) is 6. The third-order valence-electron chi connectivity index (χ3n) is 5.64. The lowest BCUT2D eigenvalue weighted by atomic mass is 10.0. The number of thiophene rings is 1. The number of carbonyl (C=O) groups excluding carboxylic acids is 1. The number of aromatic nitrogens is 2. The first kappa shape index (κ1) is 19.8. The number of benzene rings is 1. The lowest BCUT2D eigenvalue weighted by Gasteiger charge is -2.12. The van der Waals surface area contributed by atoms with Crippen LogP contribution in [-0.4, -0.2) is 35.6 Å². The Morgan fingerprint density at radius 1 is 1.23 bits per heavy atom. The second kappa shape index (κ2) is 7.50. The summed E-state index contributed by atoms with van der Waals surface area (Å²) in [5.41, 5.74) is 4.49. The average Bonchev–Trinajstić information content (AvgIpc) is 3.09. The summed E-state index contributed by atoms with van der Waals surface area (Å²) in [7, 11) is 1.67. The van der Waals surface area contributed by atoms with Gasteiger partial charge in [0.25, 0.3) is 5.91 Å². The SMILES string of the molecule is COc1cc(-c2ccc3c(ccc4sc5c(c43)NC[C@@H](C)NC5=O)n2)cnc1C(C)C. The summed E-state index contributed by atoms with van der Waals surface area (Å²) in [5, 5.41) is 8.60. The molecule has 0 saturated heterocycles.